The van der Waals surface area contributed by atoms with Crippen molar-refractivity contribution < 1.29 is 8.42 Å². The molecule has 0 bridgehead atoms. The highest BCUT2D eigenvalue weighted by atomic mass is 32.2. The van der Waals surface area contributed by atoms with Crippen molar-refractivity contribution in [3.63, 3.8) is 0 Å². The molecule has 6 heteroatoms. The Balaban J connectivity index is 2.42. The van der Waals surface area contributed by atoms with Crippen LogP contribution in [0.2, 0.25) is 0 Å². The molecule has 0 aliphatic rings. The van der Waals surface area contributed by atoms with E-state index in [1.54, 1.807) is 13.8 Å². The Morgan fingerprint density at radius 2 is 1.82 bits per heavy atom. The Labute approximate surface area is 100 Å². The van der Waals surface area contributed by atoms with Gasteiger partial charge < -0.3 is 0 Å². The Morgan fingerprint density at radius 1 is 1.18 bits per heavy atom. The van der Waals surface area contributed by atoms with Gasteiger partial charge in [-0.3, -0.25) is 0 Å². The van der Waals surface area contributed by atoms with Crippen LogP contribution in [0.5, 0.6) is 0 Å². The first kappa shape index (κ1) is 11.8. The third-order valence-corrected chi connectivity index (χ3v) is 4.29. The summed E-state index contributed by atoms with van der Waals surface area (Å²) in [6.45, 7) is 3.22. The van der Waals surface area contributed by atoms with Crippen LogP contribution in [0.3, 0.4) is 0 Å². The van der Waals surface area contributed by atoms with Crippen molar-refractivity contribution in [3.8, 4) is 11.3 Å². The van der Waals surface area contributed by atoms with Gasteiger partial charge in [0.2, 0.25) is 0 Å². The molecule has 17 heavy (non-hydrogen) atoms. The summed E-state index contributed by atoms with van der Waals surface area (Å²) in [5.74, 6) is 0. The van der Waals surface area contributed by atoms with Gasteiger partial charge in [-0.2, -0.15) is 0 Å². The van der Waals surface area contributed by atoms with Gasteiger partial charge in [0.05, 0.1) is 11.4 Å². The van der Waals surface area contributed by atoms with Crippen molar-refractivity contribution in [1.29, 1.82) is 0 Å². The zero-order valence-electron chi connectivity index (χ0n) is 9.61. The fourth-order valence-electron chi connectivity index (χ4n) is 1.33. The Kier molecular flexibility index (Phi) is 2.97. The van der Waals surface area contributed by atoms with Gasteiger partial charge in [-0.1, -0.05) is 35.5 Å². The first-order chi connectivity index (χ1) is 8.01. The van der Waals surface area contributed by atoms with Gasteiger partial charge in [0.1, 0.15) is 5.69 Å². The van der Waals surface area contributed by atoms with Gasteiger partial charge in [0.25, 0.3) is 10.0 Å². The smallest absolute Gasteiger partial charge is 0.204 e. The molecule has 1 heterocycles. The summed E-state index contributed by atoms with van der Waals surface area (Å²) in [7, 11) is -3.42. The third kappa shape index (κ3) is 2.21. The van der Waals surface area contributed by atoms with E-state index in [2.05, 4.69) is 10.3 Å². The number of benzene rings is 1. The first-order valence-corrected chi connectivity index (χ1v) is 6.74. The molecule has 0 atom stereocenters. The third-order valence-electron chi connectivity index (χ3n) is 2.40. The summed E-state index contributed by atoms with van der Waals surface area (Å²) in [4.78, 5) is 0. The van der Waals surface area contributed by atoms with E-state index in [1.165, 1.54) is 6.20 Å². The number of hydrogen-bond acceptors (Lipinski definition) is 4. The predicted molar refractivity (Wildman–Crippen MR) is 64.9 cm³/mol. The molecule has 90 valence electrons. The van der Waals surface area contributed by atoms with Crippen molar-refractivity contribution in [2.45, 2.75) is 19.1 Å². The fraction of sp³-hybridized carbons (Fsp3) is 0.273. The van der Waals surface area contributed by atoms with E-state index in [0.717, 1.165) is 9.65 Å². The molecule has 2 rings (SSSR count). The van der Waals surface area contributed by atoms with Crippen LogP contribution in [-0.4, -0.2) is 28.1 Å². The maximum atomic E-state index is 11.8. The molecule has 0 amide bonds. The summed E-state index contributed by atoms with van der Waals surface area (Å²) < 4.78 is 24.6. The molecular weight excluding hydrogens is 238 g/mol. The van der Waals surface area contributed by atoms with Gasteiger partial charge in [-0.25, -0.2) is 8.42 Å². The highest BCUT2D eigenvalue weighted by Crippen LogP contribution is 2.16. The van der Waals surface area contributed by atoms with Gasteiger partial charge in [0.15, 0.2) is 0 Å². The maximum Gasteiger partial charge on any atom is 0.257 e. The van der Waals surface area contributed by atoms with Crippen molar-refractivity contribution >= 4 is 10.0 Å². The zero-order valence-corrected chi connectivity index (χ0v) is 10.4. The summed E-state index contributed by atoms with van der Waals surface area (Å²) in [5, 5.41) is 7.01. The first-order valence-electron chi connectivity index (χ1n) is 5.24. The average Bonchev–Trinajstić information content (AvgIpc) is 2.80. The Hall–Kier alpha value is -1.69. The van der Waals surface area contributed by atoms with Crippen LogP contribution in [0, 0.1) is 0 Å². The number of rotatable bonds is 3. The van der Waals surface area contributed by atoms with Crippen LogP contribution >= 0.6 is 0 Å². The second-order valence-corrected chi connectivity index (χ2v) is 6.28. The normalized spacial score (nSPS) is 11.9. The van der Waals surface area contributed by atoms with Crippen LogP contribution in [0.1, 0.15) is 13.8 Å². The fourth-order valence-corrected chi connectivity index (χ4v) is 2.15. The summed E-state index contributed by atoms with van der Waals surface area (Å²) in [5.41, 5.74) is 1.40. The quantitative estimate of drug-likeness (QED) is 0.829. The molecule has 0 spiro atoms. The molecule has 0 unspecified atom stereocenters. The minimum absolute atomic E-state index is 0.521. The standard InChI is InChI=1S/C11H13N3O2S/c1-9(2)17(15,16)14-8-11(12-13-14)10-6-4-3-5-7-10/h3-9H,1-2H3. The molecule has 5 nitrogen and oxygen atoms in total. The molecule has 0 radical (unpaired) electrons. The van der Waals surface area contributed by atoms with E-state index in [0.29, 0.717) is 5.69 Å². The lowest BCUT2D eigenvalue weighted by Gasteiger charge is -2.05. The van der Waals surface area contributed by atoms with Crippen molar-refractivity contribution in [2.24, 2.45) is 0 Å². The number of aromatic nitrogens is 3. The molecule has 0 fully saturated rings. The van der Waals surface area contributed by atoms with Gasteiger partial charge in [0, 0.05) is 5.56 Å². The molecule has 2 aromatic rings. The summed E-state index contributed by atoms with van der Waals surface area (Å²) >= 11 is 0. The largest absolute Gasteiger partial charge is 0.257 e. The minimum atomic E-state index is -3.42. The molecule has 1 aromatic carbocycles. The van der Waals surface area contributed by atoms with E-state index in [1.807, 2.05) is 30.3 Å². The van der Waals surface area contributed by atoms with E-state index < -0.39 is 15.3 Å². The number of hydrogen-bond donors (Lipinski definition) is 0. The van der Waals surface area contributed by atoms with Crippen LogP contribution in [0.4, 0.5) is 0 Å². The molecular formula is C11H13N3O2S. The van der Waals surface area contributed by atoms with Crippen molar-refractivity contribution in [3.05, 3.63) is 36.5 Å². The van der Waals surface area contributed by atoms with Crippen LogP contribution in [0.25, 0.3) is 11.3 Å². The summed E-state index contributed by atoms with van der Waals surface area (Å²) in [6.07, 6.45) is 1.44. The molecule has 0 saturated heterocycles. The second kappa shape index (κ2) is 4.29. The Bertz CT molecular complexity index is 603. The lowest BCUT2D eigenvalue weighted by molar-refractivity contribution is 0.568. The SMILES string of the molecule is CC(C)S(=O)(=O)n1cc(-c2ccccc2)nn1. The monoisotopic (exact) mass is 251 g/mol. The van der Waals surface area contributed by atoms with Crippen LogP contribution in [-0.2, 0) is 10.0 Å². The van der Waals surface area contributed by atoms with E-state index in [-0.39, 0.29) is 0 Å². The molecule has 0 aliphatic carbocycles. The van der Waals surface area contributed by atoms with Crippen LogP contribution < -0.4 is 0 Å². The maximum absolute atomic E-state index is 11.8. The lowest BCUT2D eigenvalue weighted by Crippen LogP contribution is -2.22. The van der Waals surface area contributed by atoms with Gasteiger partial charge >= 0.3 is 0 Å². The highest BCUT2D eigenvalue weighted by molar-refractivity contribution is 7.90. The van der Waals surface area contributed by atoms with Crippen molar-refractivity contribution in [2.75, 3.05) is 0 Å². The molecule has 1 aromatic heterocycles. The molecule has 0 aliphatic heterocycles. The predicted octanol–water partition coefficient (Wildman–Crippen LogP) is 1.53. The number of nitrogens with zero attached hydrogens (tertiary/aromatic N) is 3. The van der Waals surface area contributed by atoms with Crippen molar-refractivity contribution in [1.82, 2.24) is 14.4 Å². The topological polar surface area (TPSA) is 64.8 Å². The Morgan fingerprint density at radius 3 is 2.41 bits per heavy atom. The molecule has 0 N–H and O–H groups in total. The molecule has 0 saturated carbocycles. The average molecular weight is 251 g/mol. The van der Waals surface area contributed by atoms with E-state index in [9.17, 15) is 8.42 Å². The van der Waals surface area contributed by atoms with Gasteiger partial charge in [-0.05, 0) is 13.8 Å². The van der Waals surface area contributed by atoms with E-state index >= 15 is 0 Å². The summed E-state index contributed by atoms with van der Waals surface area (Å²) in [6, 6.07) is 9.34. The lowest BCUT2D eigenvalue weighted by atomic mass is 10.2. The van der Waals surface area contributed by atoms with E-state index in [4.69, 9.17) is 0 Å². The minimum Gasteiger partial charge on any atom is -0.204 e. The second-order valence-electron chi connectivity index (χ2n) is 3.94. The zero-order chi connectivity index (χ0) is 12.5. The highest BCUT2D eigenvalue weighted by Gasteiger charge is 2.20. The van der Waals surface area contributed by atoms with Crippen LogP contribution in [0.15, 0.2) is 36.5 Å². The van der Waals surface area contributed by atoms with Gasteiger partial charge in [-0.15, -0.1) is 9.19 Å².